The van der Waals surface area contributed by atoms with E-state index >= 15 is 0 Å². The van der Waals surface area contributed by atoms with E-state index in [9.17, 15) is 14.8 Å². The highest BCUT2D eigenvalue weighted by Crippen LogP contribution is 2.28. The van der Waals surface area contributed by atoms with Gasteiger partial charge in [-0.25, -0.2) is 5.06 Å². The van der Waals surface area contributed by atoms with Crippen molar-refractivity contribution in [1.82, 2.24) is 9.96 Å². The summed E-state index contributed by atoms with van der Waals surface area (Å²) >= 11 is 12.0. The number of unbranched alkanes of at least 4 members (excludes halogenated alkanes) is 1. The fourth-order valence-electron chi connectivity index (χ4n) is 3.14. The normalized spacial score (nSPS) is 15.7. The van der Waals surface area contributed by atoms with Crippen molar-refractivity contribution in [2.75, 3.05) is 37.6 Å². The molecule has 1 fully saturated rings. The third-order valence-electron chi connectivity index (χ3n) is 4.64. The van der Waals surface area contributed by atoms with Crippen LogP contribution in [0.5, 0.6) is 0 Å². The van der Waals surface area contributed by atoms with Gasteiger partial charge in [-0.05, 0) is 24.6 Å². The Morgan fingerprint density at radius 3 is 2.54 bits per heavy atom. The van der Waals surface area contributed by atoms with Crippen LogP contribution >= 0.6 is 23.2 Å². The molecule has 1 heterocycles. The molecule has 1 saturated heterocycles. The summed E-state index contributed by atoms with van der Waals surface area (Å²) in [6.45, 7) is 4.66. The first-order valence-electron chi connectivity index (χ1n) is 8.85. The van der Waals surface area contributed by atoms with E-state index in [0.29, 0.717) is 54.1 Å². The molecule has 1 aliphatic rings. The average Bonchev–Trinajstić information content (AvgIpc) is 2.66. The Balaban J connectivity index is 1.96. The fraction of sp³-hybridized carbons (Fsp3) is 0.556. The number of carbonyl (C=O) groups excluding carboxylic acids is 2. The Morgan fingerprint density at radius 2 is 1.96 bits per heavy atom. The van der Waals surface area contributed by atoms with Gasteiger partial charge in [-0.3, -0.25) is 14.8 Å². The van der Waals surface area contributed by atoms with E-state index in [1.54, 1.807) is 6.07 Å². The molecule has 1 aromatic carbocycles. The Kier molecular flexibility index (Phi) is 8.00. The standard InChI is InChI=1S/C18H25Cl2N3O3/c1-2-3-4-14(12-23(26)13-24)18(25)22-9-7-21(8-10-22)15-5-6-16(19)17(20)11-15/h5-6,11,13-14,26H,2-4,7-10,12H2,1H3/t14-/m1/s1. The first-order valence-corrected chi connectivity index (χ1v) is 9.61. The zero-order valence-corrected chi connectivity index (χ0v) is 16.4. The van der Waals surface area contributed by atoms with E-state index in [-0.39, 0.29) is 18.4 Å². The molecule has 0 spiro atoms. The molecule has 1 aromatic rings. The smallest absolute Gasteiger partial charge is 0.233 e. The number of nitrogens with zero attached hydrogens (tertiary/aromatic N) is 3. The van der Waals surface area contributed by atoms with E-state index in [2.05, 4.69) is 4.90 Å². The van der Waals surface area contributed by atoms with Crippen molar-refractivity contribution in [3.05, 3.63) is 28.2 Å². The van der Waals surface area contributed by atoms with Gasteiger partial charge < -0.3 is 9.80 Å². The number of hydrogen-bond donors (Lipinski definition) is 1. The highest BCUT2D eigenvalue weighted by Gasteiger charge is 2.28. The zero-order valence-electron chi connectivity index (χ0n) is 14.9. The van der Waals surface area contributed by atoms with Gasteiger partial charge >= 0.3 is 0 Å². The number of benzene rings is 1. The summed E-state index contributed by atoms with van der Waals surface area (Å²) < 4.78 is 0. The summed E-state index contributed by atoms with van der Waals surface area (Å²) in [6.07, 6.45) is 2.84. The lowest BCUT2D eigenvalue weighted by Crippen LogP contribution is -2.51. The average molecular weight is 402 g/mol. The van der Waals surface area contributed by atoms with Gasteiger partial charge in [0.25, 0.3) is 0 Å². The summed E-state index contributed by atoms with van der Waals surface area (Å²) in [4.78, 5) is 27.5. The molecular weight excluding hydrogens is 377 g/mol. The number of carbonyl (C=O) groups is 2. The van der Waals surface area contributed by atoms with Gasteiger partial charge in [-0.1, -0.05) is 43.0 Å². The number of hydrogen-bond acceptors (Lipinski definition) is 4. The van der Waals surface area contributed by atoms with Crippen LogP contribution in [-0.4, -0.2) is 60.2 Å². The Bertz CT molecular complexity index is 622. The Labute approximate surface area is 164 Å². The van der Waals surface area contributed by atoms with Crippen LogP contribution in [0.25, 0.3) is 0 Å². The lowest BCUT2D eigenvalue weighted by molar-refractivity contribution is -0.157. The minimum Gasteiger partial charge on any atom is -0.368 e. The van der Waals surface area contributed by atoms with Crippen molar-refractivity contribution in [3.8, 4) is 0 Å². The van der Waals surface area contributed by atoms with Crippen molar-refractivity contribution < 1.29 is 14.8 Å². The maximum absolute atomic E-state index is 12.8. The van der Waals surface area contributed by atoms with E-state index in [1.165, 1.54) is 0 Å². The van der Waals surface area contributed by atoms with Crippen LogP contribution in [0, 0.1) is 5.92 Å². The van der Waals surface area contributed by atoms with Gasteiger partial charge in [0.05, 0.1) is 22.5 Å². The van der Waals surface area contributed by atoms with Gasteiger partial charge in [0.2, 0.25) is 12.3 Å². The van der Waals surface area contributed by atoms with Crippen molar-refractivity contribution >= 4 is 41.2 Å². The fourth-order valence-corrected chi connectivity index (χ4v) is 3.43. The van der Waals surface area contributed by atoms with Gasteiger partial charge in [0.15, 0.2) is 0 Å². The molecule has 0 bridgehead atoms. The second-order valence-electron chi connectivity index (χ2n) is 6.48. The molecule has 0 radical (unpaired) electrons. The van der Waals surface area contributed by atoms with Gasteiger partial charge in [-0.2, -0.15) is 0 Å². The van der Waals surface area contributed by atoms with Crippen molar-refractivity contribution in [3.63, 3.8) is 0 Å². The predicted octanol–water partition coefficient (Wildman–Crippen LogP) is 3.30. The number of amides is 2. The molecule has 26 heavy (non-hydrogen) atoms. The van der Waals surface area contributed by atoms with E-state index < -0.39 is 0 Å². The minimum absolute atomic E-state index is 0.00635. The SMILES string of the molecule is CCCC[C@H](CN(O)C=O)C(=O)N1CCN(c2ccc(Cl)c(Cl)c2)CC1. The summed E-state index contributed by atoms with van der Waals surface area (Å²) in [6, 6.07) is 5.52. The van der Waals surface area contributed by atoms with Crippen LogP contribution in [0.1, 0.15) is 26.2 Å². The van der Waals surface area contributed by atoms with Crippen LogP contribution in [0.15, 0.2) is 18.2 Å². The summed E-state index contributed by atoms with van der Waals surface area (Å²) in [7, 11) is 0. The number of anilines is 1. The molecule has 2 rings (SSSR count). The third kappa shape index (κ3) is 5.50. The van der Waals surface area contributed by atoms with Crippen LogP contribution in [0.3, 0.4) is 0 Å². The van der Waals surface area contributed by atoms with Crippen molar-refractivity contribution in [2.24, 2.45) is 5.92 Å². The Hall–Kier alpha value is -1.50. The highest BCUT2D eigenvalue weighted by molar-refractivity contribution is 6.42. The molecule has 6 nitrogen and oxygen atoms in total. The second kappa shape index (κ2) is 10.00. The summed E-state index contributed by atoms with van der Waals surface area (Å²) in [5.41, 5.74) is 0.983. The molecule has 8 heteroatoms. The number of halogens is 2. The number of piperazine rings is 1. The molecule has 0 aromatic heterocycles. The van der Waals surface area contributed by atoms with Crippen LogP contribution in [0.2, 0.25) is 10.0 Å². The van der Waals surface area contributed by atoms with E-state index in [1.807, 2.05) is 24.0 Å². The minimum atomic E-state index is -0.373. The first kappa shape index (κ1) is 20.8. The number of hydroxylamine groups is 2. The van der Waals surface area contributed by atoms with Crippen molar-refractivity contribution in [2.45, 2.75) is 26.2 Å². The maximum Gasteiger partial charge on any atom is 0.233 e. The van der Waals surface area contributed by atoms with Crippen LogP contribution in [-0.2, 0) is 9.59 Å². The molecule has 0 unspecified atom stereocenters. The van der Waals surface area contributed by atoms with E-state index in [4.69, 9.17) is 23.2 Å². The molecule has 2 amide bonds. The molecule has 1 atom stereocenters. The largest absolute Gasteiger partial charge is 0.368 e. The molecular formula is C18H25Cl2N3O3. The summed E-state index contributed by atoms with van der Waals surface area (Å²) in [5.74, 6) is -0.380. The lowest BCUT2D eigenvalue weighted by atomic mass is 10.00. The lowest BCUT2D eigenvalue weighted by Gasteiger charge is -2.38. The third-order valence-corrected chi connectivity index (χ3v) is 5.38. The second-order valence-corrected chi connectivity index (χ2v) is 7.29. The van der Waals surface area contributed by atoms with E-state index in [0.717, 1.165) is 18.5 Å². The molecule has 1 N–H and O–H groups in total. The maximum atomic E-state index is 12.8. The molecule has 144 valence electrons. The molecule has 1 aliphatic heterocycles. The first-order chi connectivity index (χ1) is 12.5. The van der Waals surface area contributed by atoms with Crippen LogP contribution < -0.4 is 4.90 Å². The predicted molar refractivity (Wildman–Crippen MR) is 103 cm³/mol. The highest BCUT2D eigenvalue weighted by atomic mass is 35.5. The quantitative estimate of drug-likeness (QED) is 0.412. The Morgan fingerprint density at radius 1 is 1.27 bits per heavy atom. The van der Waals surface area contributed by atoms with Crippen LogP contribution in [0.4, 0.5) is 5.69 Å². The topological polar surface area (TPSA) is 64.1 Å². The molecule has 0 saturated carbocycles. The van der Waals surface area contributed by atoms with Crippen molar-refractivity contribution in [1.29, 1.82) is 0 Å². The number of rotatable bonds is 8. The van der Waals surface area contributed by atoms with Gasteiger partial charge in [0.1, 0.15) is 0 Å². The zero-order chi connectivity index (χ0) is 19.1. The monoisotopic (exact) mass is 401 g/mol. The molecule has 0 aliphatic carbocycles. The van der Waals surface area contributed by atoms with Gasteiger partial charge in [-0.15, -0.1) is 0 Å². The van der Waals surface area contributed by atoms with Gasteiger partial charge in [0, 0.05) is 31.9 Å². The summed E-state index contributed by atoms with van der Waals surface area (Å²) in [5, 5.41) is 11.1.